The minimum absolute atomic E-state index is 0.121. The van der Waals surface area contributed by atoms with E-state index in [1.807, 2.05) is 73.9 Å². The molecule has 1 saturated heterocycles. The quantitative estimate of drug-likeness (QED) is 0.497. The Hall–Kier alpha value is -3.42. The van der Waals surface area contributed by atoms with Crippen molar-refractivity contribution in [3.63, 3.8) is 0 Å². The van der Waals surface area contributed by atoms with Gasteiger partial charge in [-0.3, -0.25) is 14.5 Å². The molecule has 0 spiro atoms. The molecule has 0 aliphatic carbocycles. The van der Waals surface area contributed by atoms with Gasteiger partial charge in [0.25, 0.3) is 5.91 Å². The lowest BCUT2D eigenvalue weighted by atomic mass is 10.1. The van der Waals surface area contributed by atoms with Gasteiger partial charge in [-0.2, -0.15) is 0 Å². The fraction of sp³-hybridized carbons (Fsp3) is 0.379. The average Bonchev–Trinajstić information content (AvgIpc) is 2.88. The minimum Gasteiger partial charge on any atom is -0.487 e. The van der Waals surface area contributed by atoms with Crippen molar-refractivity contribution in [1.82, 2.24) is 14.8 Å². The number of hydrogen-bond donors (Lipinski definition) is 1. The minimum atomic E-state index is -0.386. The predicted molar refractivity (Wildman–Crippen MR) is 141 cm³/mol. The fourth-order valence-corrected chi connectivity index (χ4v) is 4.36. The highest BCUT2D eigenvalue weighted by molar-refractivity contribution is 5.95. The molecule has 190 valence electrons. The number of ether oxygens (including phenoxy) is 2. The zero-order valence-electron chi connectivity index (χ0n) is 21.4. The maximum Gasteiger partial charge on any atom is 0.257 e. The van der Waals surface area contributed by atoms with Crippen LogP contribution in [0.4, 0.5) is 0 Å². The summed E-state index contributed by atoms with van der Waals surface area (Å²) in [5.41, 5.74) is 4.52. The lowest BCUT2D eigenvalue weighted by molar-refractivity contribution is 0.0361. The second kappa shape index (κ2) is 12.0. The highest BCUT2D eigenvalue weighted by atomic mass is 16.5. The van der Waals surface area contributed by atoms with Gasteiger partial charge in [0.2, 0.25) is 0 Å². The smallest absolute Gasteiger partial charge is 0.257 e. The second-order valence-corrected chi connectivity index (χ2v) is 9.35. The van der Waals surface area contributed by atoms with Crippen LogP contribution in [0.2, 0.25) is 0 Å². The standard InChI is InChI=1S/C29H35N3O4/c1-21-4-8-24(9-5-21)19-30-29(34)28-26(20-36-25-10-6-22(2)7-11-25)32(23(3)18-27(28)33)13-12-31-14-16-35-17-15-31/h4-11,18H,12-17,19-20H2,1-3H3,(H,30,34). The third kappa shape index (κ3) is 6.62. The largest absolute Gasteiger partial charge is 0.487 e. The Balaban J connectivity index is 1.61. The highest BCUT2D eigenvalue weighted by Crippen LogP contribution is 2.17. The van der Waals surface area contributed by atoms with Crippen LogP contribution in [0.1, 0.15) is 38.4 Å². The van der Waals surface area contributed by atoms with Gasteiger partial charge in [0.1, 0.15) is 17.9 Å². The molecule has 0 atom stereocenters. The van der Waals surface area contributed by atoms with Gasteiger partial charge in [0.05, 0.1) is 18.9 Å². The number of aryl methyl sites for hydroxylation is 3. The monoisotopic (exact) mass is 489 g/mol. The maximum atomic E-state index is 13.3. The molecule has 1 fully saturated rings. The number of nitrogens with one attached hydrogen (secondary N) is 1. The molecular weight excluding hydrogens is 454 g/mol. The van der Waals surface area contributed by atoms with Gasteiger partial charge in [0.15, 0.2) is 5.43 Å². The second-order valence-electron chi connectivity index (χ2n) is 9.35. The topological polar surface area (TPSA) is 72.8 Å². The Morgan fingerprint density at radius 3 is 2.25 bits per heavy atom. The van der Waals surface area contributed by atoms with E-state index in [0.717, 1.165) is 55.2 Å². The Labute approximate surface area is 212 Å². The van der Waals surface area contributed by atoms with Crippen LogP contribution in [0.5, 0.6) is 5.75 Å². The van der Waals surface area contributed by atoms with Gasteiger partial charge < -0.3 is 19.4 Å². The fourth-order valence-electron chi connectivity index (χ4n) is 4.36. The molecule has 2 aromatic carbocycles. The van der Waals surface area contributed by atoms with Gasteiger partial charge in [-0.1, -0.05) is 47.5 Å². The van der Waals surface area contributed by atoms with Crippen LogP contribution in [-0.2, 0) is 24.4 Å². The third-order valence-electron chi connectivity index (χ3n) is 6.57. The number of aromatic nitrogens is 1. The molecule has 7 heteroatoms. The van der Waals surface area contributed by atoms with Crippen molar-refractivity contribution in [2.45, 2.75) is 40.5 Å². The summed E-state index contributed by atoms with van der Waals surface area (Å²) < 4.78 is 13.6. The SMILES string of the molecule is Cc1ccc(CNC(=O)c2c(COc3ccc(C)cc3)n(CCN3CCOCC3)c(C)cc2=O)cc1. The molecule has 1 amide bonds. The van der Waals surface area contributed by atoms with Crippen molar-refractivity contribution in [3.05, 3.63) is 98.5 Å². The molecule has 7 nitrogen and oxygen atoms in total. The first-order valence-corrected chi connectivity index (χ1v) is 12.5. The molecule has 36 heavy (non-hydrogen) atoms. The van der Waals surface area contributed by atoms with E-state index in [4.69, 9.17) is 9.47 Å². The van der Waals surface area contributed by atoms with Gasteiger partial charge in [0, 0.05) is 44.5 Å². The molecule has 1 aliphatic rings. The summed E-state index contributed by atoms with van der Waals surface area (Å²) in [6.45, 7) is 11.1. The van der Waals surface area contributed by atoms with Crippen LogP contribution in [0.25, 0.3) is 0 Å². The van der Waals surface area contributed by atoms with E-state index in [2.05, 4.69) is 10.2 Å². The van der Waals surface area contributed by atoms with Crippen molar-refractivity contribution in [3.8, 4) is 5.75 Å². The van der Waals surface area contributed by atoms with Gasteiger partial charge >= 0.3 is 0 Å². The summed E-state index contributed by atoms with van der Waals surface area (Å²) in [6.07, 6.45) is 0. The van der Waals surface area contributed by atoms with E-state index in [0.29, 0.717) is 24.5 Å². The van der Waals surface area contributed by atoms with E-state index in [9.17, 15) is 9.59 Å². The Kier molecular flexibility index (Phi) is 8.57. The van der Waals surface area contributed by atoms with Crippen molar-refractivity contribution in [2.75, 3.05) is 32.8 Å². The number of carbonyl (C=O) groups is 1. The van der Waals surface area contributed by atoms with Crippen LogP contribution in [-0.4, -0.2) is 48.2 Å². The van der Waals surface area contributed by atoms with Crippen molar-refractivity contribution < 1.29 is 14.3 Å². The molecule has 1 N–H and O–H groups in total. The van der Waals surface area contributed by atoms with E-state index in [-0.39, 0.29) is 23.5 Å². The number of amides is 1. The first-order chi connectivity index (χ1) is 17.4. The summed E-state index contributed by atoms with van der Waals surface area (Å²) in [5.74, 6) is 0.309. The number of benzene rings is 2. The number of nitrogens with zero attached hydrogens (tertiary/aromatic N) is 2. The molecule has 0 radical (unpaired) electrons. The summed E-state index contributed by atoms with van der Waals surface area (Å²) in [7, 11) is 0. The predicted octanol–water partition coefficient (Wildman–Crippen LogP) is 3.61. The summed E-state index contributed by atoms with van der Waals surface area (Å²) in [4.78, 5) is 28.8. The third-order valence-corrected chi connectivity index (χ3v) is 6.57. The van der Waals surface area contributed by atoms with E-state index < -0.39 is 0 Å². The van der Waals surface area contributed by atoms with Crippen LogP contribution in [0, 0.1) is 20.8 Å². The summed E-state index contributed by atoms with van der Waals surface area (Å²) in [6, 6.07) is 17.3. The first-order valence-electron chi connectivity index (χ1n) is 12.5. The van der Waals surface area contributed by atoms with Crippen molar-refractivity contribution >= 4 is 5.91 Å². The molecule has 2 heterocycles. The zero-order valence-corrected chi connectivity index (χ0v) is 21.4. The molecule has 0 unspecified atom stereocenters. The average molecular weight is 490 g/mol. The van der Waals surface area contributed by atoms with Crippen LogP contribution < -0.4 is 15.5 Å². The normalized spacial score (nSPS) is 14.0. The van der Waals surface area contributed by atoms with E-state index >= 15 is 0 Å². The molecule has 4 rings (SSSR count). The first kappa shape index (κ1) is 25.7. The Morgan fingerprint density at radius 1 is 0.944 bits per heavy atom. The molecule has 1 aliphatic heterocycles. The number of pyridine rings is 1. The summed E-state index contributed by atoms with van der Waals surface area (Å²) in [5, 5.41) is 2.94. The van der Waals surface area contributed by atoms with Crippen molar-refractivity contribution in [1.29, 1.82) is 0 Å². The molecular formula is C29H35N3O4. The summed E-state index contributed by atoms with van der Waals surface area (Å²) >= 11 is 0. The zero-order chi connectivity index (χ0) is 25.5. The highest BCUT2D eigenvalue weighted by Gasteiger charge is 2.22. The number of rotatable bonds is 9. The number of morpholine rings is 1. The lowest BCUT2D eigenvalue weighted by Crippen LogP contribution is -2.39. The van der Waals surface area contributed by atoms with Crippen LogP contribution in [0.3, 0.4) is 0 Å². The van der Waals surface area contributed by atoms with Gasteiger partial charge in [-0.15, -0.1) is 0 Å². The van der Waals surface area contributed by atoms with E-state index in [1.54, 1.807) is 6.07 Å². The maximum absolute atomic E-state index is 13.3. The van der Waals surface area contributed by atoms with Gasteiger partial charge in [-0.05, 0) is 38.5 Å². The Morgan fingerprint density at radius 2 is 1.58 bits per heavy atom. The molecule has 1 aromatic heterocycles. The number of carbonyl (C=O) groups excluding carboxylic acids is 1. The van der Waals surface area contributed by atoms with Crippen molar-refractivity contribution in [2.24, 2.45) is 0 Å². The van der Waals surface area contributed by atoms with Gasteiger partial charge in [-0.25, -0.2) is 0 Å². The molecule has 0 saturated carbocycles. The molecule has 3 aromatic rings. The Bertz CT molecular complexity index is 1230. The lowest BCUT2D eigenvalue weighted by Gasteiger charge is -2.28. The van der Waals surface area contributed by atoms with Crippen LogP contribution in [0.15, 0.2) is 59.4 Å². The number of hydrogen-bond acceptors (Lipinski definition) is 5. The van der Waals surface area contributed by atoms with E-state index in [1.165, 1.54) is 0 Å². The van der Waals surface area contributed by atoms with Crippen LogP contribution >= 0.6 is 0 Å². The molecule has 0 bridgehead atoms.